The minimum absolute atomic E-state index is 0.0821. The molecule has 1 N–H and O–H groups in total. The van der Waals surface area contributed by atoms with Crippen molar-refractivity contribution in [2.24, 2.45) is 4.99 Å². The zero-order valence-corrected chi connectivity index (χ0v) is 13.8. The lowest BCUT2D eigenvalue weighted by atomic mass is 10.2. The second kappa shape index (κ2) is 6.52. The van der Waals surface area contributed by atoms with E-state index in [4.69, 9.17) is 8.94 Å². The van der Waals surface area contributed by atoms with Crippen molar-refractivity contribution in [3.8, 4) is 11.5 Å². The number of nitrogens with one attached hydrogen (secondary N) is 1. The quantitative estimate of drug-likeness (QED) is 0.773. The molecule has 0 bridgehead atoms. The first-order valence-corrected chi connectivity index (χ1v) is 8.23. The van der Waals surface area contributed by atoms with E-state index >= 15 is 0 Å². The van der Waals surface area contributed by atoms with Gasteiger partial charge in [0.15, 0.2) is 11.5 Å². The Morgan fingerprint density at radius 2 is 2.20 bits per heavy atom. The highest BCUT2D eigenvalue weighted by molar-refractivity contribution is 5.93. The van der Waals surface area contributed by atoms with Crippen molar-refractivity contribution < 1.29 is 13.7 Å². The first-order chi connectivity index (χ1) is 12.2. The summed E-state index contributed by atoms with van der Waals surface area (Å²) in [6, 6.07) is 11.1. The van der Waals surface area contributed by atoms with Gasteiger partial charge in [0.25, 0.3) is 5.91 Å². The highest BCUT2D eigenvalue weighted by Crippen LogP contribution is 2.28. The molecule has 1 aliphatic heterocycles. The molecule has 1 amide bonds. The summed E-state index contributed by atoms with van der Waals surface area (Å²) in [7, 11) is 0. The summed E-state index contributed by atoms with van der Waals surface area (Å²) in [5.41, 5.74) is 0.994. The minimum Gasteiger partial charge on any atom is -0.453 e. The van der Waals surface area contributed by atoms with Crippen LogP contribution in [0.25, 0.3) is 22.5 Å². The van der Waals surface area contributed by atoms with E-state index in [1.165, 1.54) is 0 Å². The Labute approximate surface area is 144 Å². The number of hydrogen-bond acceptors (Lipinski definition) is 6. The topological polar surface area (TPSA) is 83.9 Å². The molecule has 1 aromatic carbocycles. The second-order valence-electron chi connectivity index (χ2n) is 5.90. The van der Waals surface area contributed by atoms with Gasteiger partial charge in [0.2, 0.25) is 5.76 Å². The third-order valence-corrected chi connectivity index (χ3v) is 4.24. The smallest absolute Gasteiger partial charge is 0.274 e. The van der Waals surface area contributed by atoms with Crippen LogP contribution < -0.4 is 5.32 Å². The maximum absolute atomic E-state index is 12.5. The summed E-state index contributed by atoms with van der Waals surface area (Å²) in [6.45, 7) is 3.36. The SMILES string of the molecule is CCC(NC(=O)c1cc(-c2cc3ccccc3o2)on1)N1CC=NC1. The number of benzene rings is 1. The van der Waals surface area contributed by atoms with Crippen molar-refractivity contribution in [1.82, 2.24) is 15.4 Å². The molecule has 7 nitrogen and oxygen atoms in total. The van der Waals surface area contributed by atoms with E-state index in [1.807, 2.05) is 43.5 Å². The van der Waals surface area contributed by atoms with Gasteiger partial charge in [-0.1, -0.05) is 30.3 Å². The molecule has 0 aliphatic carbocycles. The molecule has 1 atom stereocenters. The minimum atomic E-state index is -0.273. The molecule has 3 aromatic rings. The van der Waals surface area contributed by atoms with Crippen LogP contribution >= 0.6 is 0 Å². The fourth-order valence-corrected chi connectivity index (χ4v) is 2.89. The first kappa shape index (κ1) is 15.6. The average molecular weight is 338 g/mol. The Kier molecular flexibility index (Phi) is 4.07. The zero-order chi connectivity index (χ0) is 17.2. The van der Waals surface area contributed by atoms with Gasteiger partial charge in [-0.25, -0.2) is 0 Å². The maximum atomic E-state index is 12.5. The van der Waals surface area contributed by atoms with E-state index in [-0.39, 0.29) is 17.8 Å². The molecule has 4 rings (SSSR count). The van der Waals surface area contributed by atoms with E-state index in [0.29, 0.717) is 18.2 Å². The van der Waals surface area contributed by atoms with Crippen LogP contribution in [0.2, 0.25) is 0 Å². The lowest BCUT2D eigenvalue weighted by Crippen LogP contribution is -2.47. The Bertz CT molecular complexity index is 886. The highest BCUT2D eigenvalue weighted by atomic mass is 16.5. The lowest BCUT2D eigenvalue weighted by Gasteiger charge is -2.25. The van der Waals surface area contributed by atoms with Crippen LogP contribution in [0.1, 0.15) is 23.8 Å². The fraction of sp³-hybridized carbons (Fsp3) is 0.278. The average Bonchev–Trinajstić information content (AvgIpc) is 3.38. The third kappa shape index (κ3) is 3.06. The van der Waals surface area contributed by atoms with E-state index in [0.717, 1.165) is 23.9 Å². The van der Waals surface area contributed by atoms with Gasteiger partial charge in [0, 0.05) is 24.2 Å². The van der Waals surface area contributed by atoms with Crippen molar-refractivity contribution in [3.05, 3.63) is 42.1 Å². The zero-order valence-electron chi connectivity index (χ0n) is 13.8. The molecule has 0 radical (unpaired) electrons. The highest BCUT2D eigenvalue weighted by Gasteiger charge is 2.23. The number of fused-ring (bicyclic) bond motifs is 1. The van der Waals surface area contributed by atoms with Crippen LogP contribution in [0.4, 0.5) is 0 Å². The van der Waals surface area contributed by atoms with Crippen LogP contribution in [-0.2, 0) is 0 Å². The van der Waals surface area contributed by atoms with Crippen LogP contribution in [-0.4, -0.2) is 41.6 Å². The number of rotatable bonds is 5. The monoisotopic (exact) mass is 338 g/mol. The van der Waals surface area contributed by atoms with Crippen LogP contribution in [0.15, 0.2) is 50.3 Å². The number of aromatic nitrogens is 1. The summed E-state index contributed by atoms with van der Waals surface area (Å²) >= 11 is 0. The van der Waals surface area contributed by atoms with Gasteiger partial charge >= 0.3 is 0 Å². The summed E-state index contributed by atoms with van der Waals surface area (Å²) in [5.74, 6) is 0.705. The van der Waals surface area contributed by atoms with Gasteiger partial charge in [-0.3, -0.25) is 14.7 Å². The molecule has 25 heavy (non-hydrogen) atoms. The van der Waals surface area contributed by atoms with Gasteiger partial charge in [0.1, 0.15) is 5.58 Å². The van der Waals surface area contributed by atoms with E-state index < -0.39 is 0 Å². The van der Waals surface area contributed by atoms with Crippen LogP contribution in [0, 0.1) is 0 Å². The van der Waals surface area contributed by atoms with Crippen molar-refractivity contribution in [1.29, 1.82) is 0 Å². The number of furan rings is 1. The van der Waals surface area contributed by atoms with Gasteiger partial charge < -0.3 is 14.3 Å². The van der Waals surface area contributed by atoms with Crippen molar-refractivity contribution in [3.63, 3.8) is 0 Å². The van der Waals surface area contributed by atoms with Crippen molar-refractivity contribution >= 4 is 23.1 Å². The number of carbonyl (C=O) groups excluding carboxylic acids is 1. The Morgan fingerprint density at radius 1 is 1.32 bits per heavy atom. The predicted octanol–water partition coefficient (Wildman–Crippen LogP) is 2.90. The summed E-state index contributed by atoms with van der Waals surface area (Å²) in [5, 5.41) is 7.82. The van der Waals surface area contributed by atoms with Crippen molar-refractivity contribution in [2.45, 2.75) is 19.5 Å². The number of aliphatic imine (C=N–C) groups is 1. The number of amides is 1. The van der Waals surface area contributed by atoms with E-state index in [2.05, 4.69) is 20.4 Å². The number of carbonyl (C=O) groups is 1. The largest absolute Gasteiger partial charge is 0.453 e. The second-order valence-corrected chi connectivity index (χ2v) is 5.90. The molecule has 0 saturated heterocycles. The normalized spacial score (nSPS) is 15.7. The number of para-hydroxylation sites is 1. The van der Waals surface area contributed by atoms with Gasteiger partial charge in [-0.15, -0.1) is 0 Å². The molecule has 1 aliphatic rings. The van der Waals surface area contributed by atoms with E-state index in [9.17, 15) is 4.79 Å². The number of nitrogens with zero attached hydrogens (tertiary/aromatic N) is 3. The van der Waals surface area contributed by atoms with Crippen molar-refractivity contribution in [2.75, 3.05) is 13.2 Å². The van der Waals surface area contributed by atoms with Gasteiger partial charge in [-0.2, -0.15) is 0 Å². The molecule has 7 heteroatoms. The Balaban J connectivity index is 1.51. The van der Waals surface area contributed by atoms with Gasteiger partial charge in [-0.05, 0) is 18.6 Å². The molecule has 0 spiro atoms. The van der Waals surface area contributed by atoms with E-state index in [1.54, 1.807) is 6.07 Å². The molecule has 3 heterocycles. The molecule has 128 valence electrons. The molecule has 2 aromatic heterocycles. The Hall–Kier alpha value is -2.93. The fourth-order valence-electron chi connectivity index (χ4n) is 2.89. The molecule has 0 fully saturated rings. The maximum Gasteiger partial charge on any atom is 0.274 e. The molecule has 1 unspecified atom stereocenters. The summed E-state index contributed by atoms with van der Waals surface area (Å²) in [6.07, 6.45) is 2.55. The predicted molar refractivity (Wildman–Crippen MR) is 93.3 cm³/mol. The van der Waals surface area contributed by atoms with Crippen LogP contribution in [0.5, 0.6) is 0 Å². The third-order valence-electron chi connectivity index (χ3n) is 4.24. The lowest BCUT2D eigenvalue weighted by molar-refractivity contribution is 0.0861. The first-order valence-electron chi connectivity index (χ1n) is 8.23. The number of hydrogen-bond donors (Lipinski definition) is 1. The molecule has 0 saturated carbocycles. The standard InChI is InChI=1S/C18H18N4O3/c1-2-17(22-8-7-19-11-22)20-18(23)13-10-16(25-21-13)15-9-12-5-3-4-6-14(12)24-15/h3-7,9-10,17H,2,8,11H2,1H3,(H,20,23). The molecular weight excluding hydrogens is 320 g/mol. The molecular formula is C18H18N4O3. The Morgan fingerprint density at radius 3 is 2.96 bits per heavy atom. The summed E-state index contributed by atoms with van der Waals surface area (Å²) in [4.78, 5) is 18.7. The summed E-state index contributed by atoms with van der Waals surface area (Å²) < 4.78 is 11.0. The van der Waals surface area contributed by atoms with Crippen LogP contribution in [0.3, 0.4) is 0 Å². The van der Waals surface area contributed by atoms with Gasteiger partial charge in [0.05, 0.1) is 12.8 Å².